The number of nitrogens with zero attached hydrogens (tertiary/aromatic N) is 2. The van der Waals surface area contributed by atoms with Crippen LogP contribution in [0.4, 0.5) is 0 Å². The average molecular weight is 759 g/mol. The van der Waals surface area contributed by atoms with Crippen LogP contribution in [0.5, 0.6) is 0 Å². The third-order valence-corrected chi connectivity index (χ3v) is 17.8. The smallest absolute Gasteiger partial charge is 0.206 e. The highest BCUT2D eigenvalue weighted by molar-refractivity contribution is 8.04. The van der Waals surface area contributed by atoms with Crippen LogP contribution in [0.1, 0.15) is 54.4 Å². The molecule has 1 atom stereocenters. The maximum Gasteiger partial charge on any atom is 0.256 e. The number of hydrogen-bond donors (Lipinski definition) is 0. The molecule has 5 rings (SSSR count). The topological polar surface area (TPSA) is 143 Å². The fourth-order valence-corrected chi connectivity index (χ4v) is 13.9. The number of aryl methyl sites for hydroxylation is 4. The van der Waals surface area contributed by atoms with Gasteiger partial charge in [0, 0.05) is 6.54 Å². The SMILES string of the molecule is Cc1ccc(S(=O)(=O)N(CC(C2CCCCC2)N(S(=O)(=O)c2ccc(C)cc2)S(=O)(=O)c2ccc(C)cc2)S(=O)(=O)c2ccc(C)cc2)cc1. The Hall–Kier alpha value is -3.40. The third kappa shape index (κ3) is 7.75. The van der Waals surface area contributed by atoms with Gasteiger partial charge in [-0.3, -0.25) is 0 Å². The Balaban J connectivity index is 1.80. The quantitative estimate of drug-likeness (QED) is 0.163. The lowest BCUT2D eigenvalue weighted by Gasteiger charge is -2.39. The van der Waals surface area contributed by atoms with Gasteiger partial charge < -0.3 is 0 Å². The highest BCUT2D eigenvalue weighted by Gasteiger charge is 2.49. The van der Waals surface area contributed by atoms with Gasteiger partial charge in [-0.1, -0.05) is 97.5 Å². The van der Waals surface area contributed by atoms with Crippen molar-refractivity contribution in [3.8, 4) is 0 Å². The van der Waals surface area contributed by atoms with Gasteiger partial charge in [-0.25, -0.2) is 33.7 Å². The van der Waals surface area contributed by atoms with Crippen LogP contribution in [-0.2, 0) is 40.1 Å². The van der Waals surface area contributed by atoms with E-state index in [0.29, 0.717) is 29.4 Å². The molecule has 0 aromatic heterocycles. The minimum Gasteiger partial charge on any atom is -0.206 e. The lowest BCUT2D eigenvalue weighted by Crippen LogP contribution is -2.55. The van der Waals surface area contributed by atoms with Crippen molar-refractivity contribution in [3.63, 3.8) is 0 Å². The highest BCUT2D eigenvalue weighted by atomic mass is 32.3. The van der Waals surface area contributed by atoms with Crippen LogP contribution < -0.4 is 0 Å². The molecule has 0 saturated heterocycles. The Kier molecular flexibility index (Phi) is 11.1. The second-order valence-electron chi connectivity index (χ2n) is 12.9. The van der Waals surface area contributed by atoms with Crippen LogP contribution in [0.3, 0.4) is 0 Å². The molecule has 0 bridgehead atoms. The maximum atomic E-state index is 14.7. The van der Waals surface area contributed by atoms with Gasteiger partial charge in [-0.2, -0.15) is 0 Å². The van der Waals surface area contributed by atoms with Crippen molar-refractivity contribution in [3.05, 3.63) is 119 Å². The van der Waals surface area contributed by atoms with Crippen LogP contribution in [0.15, 0.2) is 117 Å². The summed E-state index contributed by atoms with van der Waals surface area (Å²) in [5.74, 6) is -0.701. The molecule has 4 aromatic rings. The molecule has 268 valence electrons. The van der Waals surface area contributed by atoms with Crippen LogP contribution in [0.2, 0.25) is 0 Å². The van der Waals surface area contributed by atoms with E-state index in [4.69, 9.17) is 0 Å². The molecule has 1 aliphatic rings. The van der Waals surface area contributed by atoms with E-state index in [0.717, 1.165) is 28.7 Å². The van der Waals surface area contributed by atoms with Gasteiger partial charge >= 0.3 is 0 Å². The van der Waals surface area contributed by atoms with Crippen molar-refractivity contribution in [1.82, 2.24) is 7.42 Å². The van der Waals surface area contributed by atoms with Gasteiger partial charge in [0.05, 0.1) is 25.6 Å². The molecule has 0 radical (unpaired) electrons. The van der Waals surface area contributed by atoms with Gasteiger partial charge in [0.25, 0.3) is 40.1 Å². The van der Waals surface area contributed by atoms with E-state index in [9.17, 15) is 33.7 Å². The van der Waals surface area contributed by atoms with E-state index in [2.05, 4.69) is 0 Å². The predicted molar refractivity (Wildman–Crippen MR) is 192 cm³/mol. The van der Waals surface area contributed by atoms with Crippen molar-refractivity contribution >= 4 is 40.1 Å². The zero-order valence-corrected chi connectivity index (χ0v) is 31.7. The first-order valence-electron chi connectivity index (χ1n) is 16.3. The Bertz CT molecular complexity index is 2100. The molecule has 1 unspecified atom stereocenters. The Morgan fingerprint density at radius 1 is 0.460 bits per heavy atom. The van der Waals surface area contributed by atoms with E-state index in [1.807, 2.05) is 0 Å². The maximum absolute atomic E-state index is 14.7. The van der Waals surface area contributed by atoms with Gasteiger partial charge in [0.1, 0.15) is 0 Å². The van der Waals surface area contributed by atoms with Crippen molar-refractivity contribution in [2.45, 2.75) is 85.4 Å². The number of rotatable bonds is 12. The van der Waals surface area contributed by atoms with E-state index in [1.165, 1.54) is 97.1 Å². The first-order valence-corrected chi connectivity index (χ1v) is 22.1. The van der Waals surface area contributed by atoms with Gasteiger partial charge in [-0.05, 0) is 95.0 Å². The second-order valence-corrected chi connectivity index (χ2v) is 20.7. The average Bonchev–Trinajstić information content (AvgIpc) is 3.07. The van der Waals surface area contributed by atoms with Crippen molar-refractivity contribution < 1.29 is 33.7 Å². The first kappa shape index (κ1) is 37.8. The highest BCUT2D eigenvalue weighted by Crippen LogP contribution is 2.38. The molecule has 0 N–H and O–H groups in total. The predicted octanol–water partition coefficient (Wildman–Crippen LogP) is 6.33. The molecule has 0 aliphatic heterocycles. The zero-order chi connectivity index (χ0) is 36.5. The Labute approximate surface area is 297 Å². The van der Waals surface area contributed by atoms with Crippen LogP contribution in [0, 0.1) is 33.6 Å². The van der Waals surface area contributed by atoms with Crippen molar-refractivity contribution in [2.24, 2.45) is 5.92 Å². The molecule has 10 nitrogen and oxygen atoms in total. The molecule has 0 amide bonds. The number of hydrogen-bond acceptors (Lipinski definition) is 8. The minimum atomic E-state index is -4.93. The van der Waals surface area contributed by atoms with Gasteiger partial charge in [-0.15, -0.1) is 0 Å². The summed E-state index contributed by atoms with van der Waals surface area (Å²) < 4.78 is 118. The summed E-state index contributed by atoms with van der Waals surface area (Å²) in [7, 11) is -19.7. The van der Waals surface area contributed by atoms with E-state index in [1.54, 1.807) is 27.7 Å². The molecule has 0 spiro atoms. The summed E-state index contributed by atoms with van der Waals surface area (Å²) in [6.45, 7) is 6.03. The van der Waals surface area contributed by atoms with Crippen molar-refractivity contribution in [1.29, 1.82) is 0 Å². The lowest BCUT2D eigenvalue weighted by molar-refractivity contribution is 0.227. The molecule has 50 heavy (non-hydrogen) atoms. The molecular formula is C36H42N2O8S4. The molecule has 0 heterocycles. The summed E-state index contributed by atoms with van der Waals surface area (Å²) >= 11 is 0. The van der Waals surface area contributed by atoms with E-state index >= 15 is 0 Å². The summed E-state index contributed by atoms with van der Waals surface area (Å²) in [5, 5.41) is 0. The van der Waals surface area contributed by atoms with Crippen molar-refractivity contribution in [2.75, 3.05) is 6.54 Å². The summed E-state index contributed by atoms with van der Waals surface area (Å²) in [6, 6.07) is 20.9. The fraction of sp³-hybridized carbons (Fsp3) is 0.333. The van der Waals surface area contributed by atoms with Gasteiger partial charge in [0.2, 0.25) is 0 Å². The molecule has 1 saturated carbocycles. The summed E-state index contributed by atoms with van der Waals surface area (Å²) in [4.78, 5) is -1.33. The molecule has 1 fully saturated rings. The minimum absolute atomic E-state index is 0.289. The van der Waals surface area contributed by atoms with E-state index in [-0.39, 0.29) is 23.3 Å². The summed E-state index contributed by atoms with van der Waals surface area (Å²) in [6.07, 6.45) is 2.78. The van der Waals surface area contributed by atoms with Crippen LogP contribution in [0.25, 0.3) is 0 Å². The lowest BCUT2D eigenvalue weighted by atomic mass is 9.84. The normalized spacial score (nSPS) is 15.7. The number of sulfonamides is 4. The Morgan fingerprint density at radius 2 is 0.740 bits per heavy atom. The second kappa shape index (κ2) is 14.7. The Morgan fingerprint density at radius 3 is 1.04 bits per heavy atom. The number of benzene rings is 4. The summed E-state index contributed by atoms with van der Waals surface area (Å²) in [5.41, 5.74) is 2.94. The molecular weight excluding hydrogens is 717 g/mol. The monoisotopic (exact) mass is 758 g/mol. The first-order chi connectivity index (χ1) is 23.5. The molecule has 1 aliphatic carbocycles. The largest absolute Gasteiger partial charge is 0.256 e. The zero-order valence-electron chi connectivity index (χ0n) is 28.4. The van der Waals surface area contributed by atoms with Gasteiger partial charge in [0.15, 0.2) is 0 Å². The van der Waals surface area contributed by atoms with E-state index < -0.39 is 58.6 Å². The molecule has 14 heteroatoms. The van der Waals surface area contributed by atoms with Crippen LogP contribution in [-0.4, -0.2) is 53.7 Å². The fourth-order valence-electron chi connectivity index (χ4n) is 6.15. The van der Waals surface area contributed by atoms with Crippen LogP contribution >= 0.6 is 0 Å². The third-order valence-electron chi connectivity index (χ3n) is 9.09. The molecule has 4 aromatic carbocycles. The standard InChI is InChI=1S/C36H42N2O8S4/c1-27-10-18-32(19-11-27)47(39,40)37(48(41,42)33-20-12-28(2)13-21-33)26-36(31-8-6-5-7-9-31)38(49(43,44)34-22-14-29(3)15-23-34)50(45,46)35-24-16-30(4)17-25-35/h10-25,31,36H,5-9,26H2,1-4H3.